The van der Waals surface area contributed by atoms with Crippen molar-refractivity contribution >= 4 is 32.7 Å². The lowest BCUT2D eigenvalue weighted by Crippen LogP contribution is -2.06. The van der Waals surface area contributed by atoms with E-state index in [-0.39, 0.29) is 9.79 Å². The minimum absolute atomic E-state index is 0.169. The summed E-state index contributed by atoms with van der Waals surface area (Å²) in [7, 11) is -3.83. The fourth-order valence-electron chi connectivity index (χ4n) is 3.28. The van der Waals surface area contributed by atoms with Gasteiger partial charge in [0, 0.05) is 41.2 Å². The molecular weight excluding hydrogens is 386 g/mol. The predicted octanol–water partition coefficient (Wildman–Crippen LogP) is 3.56. The maximum atomic E-state index is 13.6. The summed E-state index contributed by atoms with van der Waals surface area (Å²) in [6.45, 7) is 0. The molecule has 144 valence electrons. The third-order valence-electron chi connectivity index (χ3n) is 4.58. The topological polar surface area (TPSA) is 106 Å². The highest BCUT2D eigenvalue weighted by molar-refractivity contribution is 7.91. The molecule has 2 heterocycles. The van der Waals surface area contributed by atoms with Crippen LogP contribution in [0, 0.1) is 0 Å². The number of fused-ring (bicyclic) bond motifs is 1. The third-order valence-corrected chi connectivity index (χ3v) is 6.44. The van der Waals surface area contributed by atoms with Crippen LogP contribution in [0.25, 0.3) is 28.1 Å². The number of nitrogens with one attached hydrogen (secondary N) is 1. The van der Waals surface area contributed by atoms with Gasteiger partial charge in [-0.25, -0.2) is 8.42 Å². The Labute approximate surface area is 167 Å². The molecule has 6 nitrogen and oxygen atoms in total. The lowest BCUT2D eigenvalue weighted by atomic mass is 10.0. The molecule has 0 saturated carbocycles. The van der Waals surface area contributed by atoms with E-state index in [4.69, 9.17) is 5.73 Å². The van der Waals surface area contributed by atoms with Gasteiger partial charge in [-0.2, -0.15) is 0 Å². The minimum Gasteiger partial charge on any atom is -0.366 e. The van der Waals surface area contributed by atoms with E-state index in [2.05, 4.69) is 9.97 Å². The molecule has 0 aliphatic heterocycles. The molecular formula is C22H17N3O3S. The number of H-pyrrole nitrogens is 1. The van der Waals surface area contributed by atoms with Crippen LogP contribution in [-0.4, -0.2) is 24.3 Å². The van der Waals surface area contributed by atoms with Gasteiger partial charge in [0.05, 0.1) is 15.3 Å². The highest BCUT2D eigenvalue weighted by atomic mass is 32.2. The molecule has 2 aromatic heterocycles. The van der Waals surface area contributed by atoms with Gasteiger partial charge in [-0.05, 0) is 35.9 Å². The van der Waals surface area contributed by atoms with Crippen LogP contribution >= 0.6 is 0 Å². The number of benzene rings is 2. The van der Waals surface area contributed by atoms with E-state index in [1.165, 1.54) is 12.2 Å². The maximum absolute atomic E-state index is 13.6. The molecule has 0 bridgehead atoms. The molecule has 2 aromatic carbocycles. The van der Waals surface area contributed by atoms with E-state index >= 15 is 0 Å². The number of nitrogens with two attached hydrogens (primary N) is 1. The van der Waals surface area contributed by atoms with Crippen molar-refractivity contribution in [2.24, 2.45) is 5.73 Å². The first kappa shape index (κ1) is 18.6. The monoisotopic (exact) mass is 403 g/mol. The molecule has 0 spiro atoms. The Morgan fingerprint density at radius 3 is 2.59 bits per heavy atom. The van der Waals surface area contributed by atoms with Crippen molar-refractivity contribution in [1.29, 1.82) is 0 Å². The van der Waals surface area contributed by atoms with Crippen LogP contribution in [0.15, 0.2) is 89.1 Å². The van der Waals surface area contributed by atoms with Crippen LogP contribution in [0.4, 0.5) is 0 Å². The average molecular weight is 403 g/mol. The minimum atomic E-state index is -3.83. The second-order valence-corrected chi connectivity index (χ2v) is 8.28. The lowest BCUT2D eigenvalue weighted by Gasteiger charge is -2.13. The van der Waals surface area contributed by atoms with Gasteiger partial charge in [0.2, 0.25) is 15.7 Å². The number of amides is 1. The van der Waals surface area contributed by atoms with E-state index in [1.54, 1.807) is 61.1 Å². The van der Waals surface area contributed by atoms with Gasteiger partial charge in [-0.15, -0.1) is 0 Å². The fraction of sp³-hybridized carbons (Fsp3) is 0. The Morgan fingerprint density at radius 2 is 1.76 bits per heavy atom. The summed E-state index contributed by atoms with van der Waals surface area (Å²) in [5.41, 5.74) is 7.50. The predicted molar refractivity (Wildman–Crippen MR) is 112 cm³/mol. The van der Waals surface area contributed by atoms with E-state index in [9.17, 15) is 13.2 Å². The Morgan fingerprint density at radius 1 is 0.966 bits per heavy atom. The smallest absolute Gasteiger partial charge is 0.241 e. The highest BCUT2D eigenvalue weighted by Crippen LogP contribution is 2.35. The van der Waals surface area contributed by atoms with E-state index in [1.807, 2.05) is 12.1 Å². The van der Waals surface area contributed by atoms with Crippen LogP contribution < -0.4 is 5.73 Å². The van der Waals surface area contributed by atoms with Gasteiger partial charge in [0.25, 0.3) is 0 Å². The second-order valence-electron chi connectivity index (χ2n) is 6.40. The Kier molecular flexibility index (Phi) is 4.74. The summed E-state index contributed by atoms with van der Waals surface area (Å²) in [5, 5.41) is 0.817. The third kappa shape index (κ3) is 3.43. The van der Waals surface area contributed by atoms with Gasteiger partial charge in [-0.1, -0.05) is 30.3 Å². The Bertz CT molecular complexity index is 1350. The number of carbonyl (C=O) groups excluding carboxylic acids is 1. The van der Waals surface area contributed by atoms with Gasteiger partial charge < -0.3 is 10.7 Å². The van der Waals surface area contributed by atoms with Gasteiger partial charge in [0.1, 0.15) is 0 Å². The molecule has 3 N–H and O–H groups in total. The summed E-state index contributed by atoms with van der Waals surface area (Å²) in [4.78, 5) is 18.6. The van der Waals surface area contributed by atoms with Crippen LogP contribution in [0.2, 0.25) is 0 Å². The van der Waals surface area contributed by atoms with Crippen molar-refractivity contribution < 1.29 is 13.2 Å². The van der Waals surface area contributed by atoms with E-state index in [0.29, 0.717) is 22.2 Å². The summed E-state index contributed by atoms with van der Waals surface area (Å²) in [6.07, 6.45) is 7.60. The van der Waals surface area contributed by atoms with Crippen molar-refractivity contribution in [1.82, 2.24) is 9.97 Å². The number of hydrogen-bond donors (Lipinski definition) is 2. The summed E-state index contributed by atoms with van der Waals surface area (Å²) >= 11 is 0. The van der Waals surface area contributed by atoms with Crippen molar-refractivity contribution in [3.8, 4) is 11.1 Å². The van der Waals surface area contributed by atoms with Gasteiger partial charge in [-0.3, -0.25) is 9.78 Å². The van der Waals surface area contributed by atoms with Crippen molar-refractivity contribution in [2.75, 3.05) is 0 Å². The zero-order valence-electron chi connectivity index (χ0n) is 15.2. The fourth-order valence-corrected chi connectivity index (χ4v) is 4.94. The summed E-state index contributed by atoms with van der Waals surface area (Å²) in [6, 6.07) is 15.5. The number of aromatic amines is 1. The average Bonchev–Trinajstić information content (AvgIpc) is 3.21. The first-order valence-electron chi connectivity index (χ1n) is 8.80. The van der Waals surface area contributed by atoms with Crippen molar-refractivity contribution in [2.45, 2.75) is 9.79 Å². The first-order chi connectivity index (χ1) is 14.0. The number of para-hydroxylation sites is 1. The molecule has 29 heavy (non-hydrogen) atoms. The molecule has 1 amide bonds. The Hall–Kier alpha value is -3.71. The number of pyridine rings is 1. The lowest BCUT2D eigenvalue weighted by molar-refractivity contribution is -0.113. The summed E-state index contributed by atoms with van der Waals surface area (Å²) < 4.78 is 27.2. The number of nitrogens with zero attached hydrogens (tertiary/aromatic N) is 1. The summed E-state index contributed by atoms with van der Waals surface area (Å²) in [5.74, 6) is -0.598. The van der Waals surface area contributed by atoms with Crippen LogP contribution in [0.3, 0.4) is 0 Å². The molecule has 0 atom stereocenters. The molecule has 7 heteroatoms. The van der Waals surface area contributed by atoms with Crippen molar-refractivity contribution in [3.63, 3.8) is 0 Å². The second kappa shape index (κ2) is 7.37. The molecule has 0 aliphatic carbocycles. The molecule has 4 aromatic rings. The molecule has 0 radical (unpaired) electrons. The molecule has 0 saturated heterocycles. The molecule has 0 unspecified atom stereocenters. The number of hydrogen-bond acceptors (Lipinski definition) is 4. The van der Waals surface area contributed by atoms with Gasteiger partial charge >= 0.3 is 0 Å². The standard InChI is InChI=1S/C22H17N3O3S/c23-21(26)9-8-16-14-24-12-11-17(16)18-5-1-2-6-19(18)29(27,28)20-7-3-4-15-10-13-25-22(15)20/h1-14,25H,(H2,23,26)/b9-8+. The van der Waals surface area contributed by atoms with Crippen molar-refractivity contribution in [3.05, 3.63) is 84.8 Å². The normalized spacial score (nSPS) is 11.9. The molecule has 4 rings (SSSR count). The quantitative estimate of drug-likeness (QED) is 0.497. The number of rotatable bonds is 5. The van der Waals surface area contributed by atoms with E-state index in [0.717, 1.165) is 5.39 Å². The zero-order valence-corrected chi connectivity index (χ0v) is 16.1. The number of carbonyl (C=O) groups is 1. The van der Waals surface area contributed by atoms with Crippen LogP contribution in [0.5, 0.6) is 0 Å². The molecule has 0 fully saturated rings. The van der Waals surface area contributed by atoms with E-state index < -0.39 is 15.7 Å². The maximum Gasteiger partial charge on any atom is 0.241 e. The molecule has 0 aliphatic rings. The highest BCUT2D eigenvalue weighted by Gasteiger charge is 2.24. The number of primary amides is 1. The zero-order chi connectivity index (χ0) is 20.4. The van der Waals surface area contributed by atoms with Gasteiger partial charge in [0.15, 0.2) is 0 Å². The Balaban J connectivity index is 1.94. The largest absolute Gasteiger partial charge is 0.366 e. The number of aromatic nitrogens is 2. The van der Waals surface area contributed by atoms with Crippen LogP contribution in [0.1, 0.15) is 5.56 Å². The first-order valence-corrected chi connectivity index (χ1v) is 10.3. The SMILES string of the molecule is NC(=O)/C=C/c1cnccc1-c1ccccc1S(=O)(=O)c1cccc2cc[nH]c12. The number of sulfone groups is 1. The van der Waals surface area contributed by atoms with Crippen LogP contribution in [-0.2, 0) is 14.6 Å².